The highest BCUT2D eigenvalue weighted by Crippen LogP contribution is 2.22. The lowest BCUT2D eigenvalue weighted by Gasteiger charge is -2.22. The van der Waals surface area contributed by atoms with Gasteiger partial charge >= 0.3 is 0 Å². The summed E-state index contributed by atoms with van der Waals surface area (Å²) in [5.41, 5.74) is 0.865. The average Bonchev–Trinajstić information content (AvgIpc) is 3.22. The van der Waals surface area contributed by atoms with Crippen molar-refractivity contribution >= 4 is 39.0 Å². The van der Waals surface area contributed by atoms with Crippen molar-refractivity contribution in [3.63, 3.8) is 0 Å². The van der Waals surface area contributed by atoms with Gasteiger partial charge in [-0.2, -0.15) is 4.37 Å². The molecule has 2 bridgehead atoms. The smallest absolute Gasteiger partial charge is 0.287 e. The van der Waals surface area contributed by atoms with E-state index < -0.39 is 39.5 Å². The minimum absolute atomic E-state index is 0.0413. The Morgan fingerprint density at radius 1 is 1.21 bits per heavy atom. The summed E-state index contributed by atoms with van der Waals surface area (Å²) in [6.07, 6.45) is 1.47. The van der Waals surface area contributed by atoms with Crippen molar-refractivity contribution in [3.05, 3.63) is 47.0 Å². The Labute approximate surface area is 198 Å². The molecule has 0 spiro atoms. The number of ketones is 2. The fourth-order valence-electron chi connectivity index (χ4n) is 3.77. The summed E-state index contributed by atoms with van der Waals surface area (Å²) < 4.78 is 32.5. The molecule has 2 aromatic rings. The maximum atomic E-state index is 13.2. The highest BCUT2D eigenvalue weighted by Gasteiger charge is 2.32. The van der Waals surface area contributed by atoms with Gasteiger partial charge in [-0.25, -0.2) is 13.1 Å². The number of nitrogens with zero attached hydrogens (tertiary/aromatic N) is 1. The van der Waals surface area contributed by atoms with E-state index in [-0.39, 0.29) is 23.7 Å². The van der Waals surface area contributed by atoms with E-state index in [4.69, 9.17) is 0 Å². The number of aromatic nitrogens is 1. The van der Waals surface area contributed by atoms with Crippen LogP contribution in [0.4, 0.5) is 0 Å². The number of benzene rings is 1. The van der Waals surface area contributed by atoms with Crippen LogP contribution in [-0.2, 0) is 37.2 Å². The quantitative estimate of drug-likeness (QED) is 0.547. The number of aryl methyl sites for hydroxylation is 1. The van der Waals surface area contributed by atoms with Crippen LogP contribution in [0.3, 0.4) is 0 Å². The molecule has 33 heavy (non-hydrogen) atoms. The summed E-state index contributed by atoms with van der Waals surface area (Å²) in [5.74, 6) is -2.53. The number of hydrogen-bond donors (Lipinski definition) is 2. The molecule has 1 aromatic carbocycles. The Morgan fingerprint density at radius 3 is 2.64 bits per heavy atom. The molecular weight excluding hydrogens is 462 g/mol. The van der Waals surface area contributed by atoms with Crippen molar-refractivity contribution in [2.24, 2.45) is 11.8 Å². The fourth-order valence-corrected chi connectivity index (χ4v) is 5.80. The second-order valence-corrected chi connectivity index (χ2v) is 11.3. The summed E-state index contributed by atoms with van der Waals surface area (Å²) in [7, 11) is -3.91. The zero-order valence-electron chi connectivity index (χ0n) is 18.7. The first-order valence-corrected chi connectivity index (χ1v) is 13.3. The van der Waals surface area contributed by atoms with Crippen LogP contribution >= 0.6 is 11.5 Å². The normalized spacial score (nSPS) is 18.5. The van der Waals surface area contributed by atoms with Gasteiger partial charge in [-0.1, -0.05) is 32.0 Å². The Morgan fingerprint density at radius 2 is 1.94 bits per heavy atom. The minimum atomic E-state index is -3.91. The molecule has 1 aliphatic rings. The molecule has 2 heterocycles. The van der Waals surface area contributed by atoms with Gasteiger partial charge in [0.05, 0.1) is 16.6 Å². The minimum Gasteiger partial charge on any atom is -0.349 e. The molecule has 2 N–H and O–H groups in total. The molecule has 1 aliphatic heterocycles. The van der Waals surface area contributed by atoms with Crippen LogP contribution in [0.2, 0.25) is 0 Å². The standard InChI is InChI=1S/C23H29N3O5S2/c1-15(2)12-20(26-33(30,31)19-6-4-3-5-7-19)21(27)13-16-8-9-18-14-17(25-32-18)10-11-24-23(29)22(16)28/h3-7,14-16,20,26H,8-13H2,1-2H3,(H,24,29). The largest absolute Gasteiger partial charge is 0.349 e. The van der Waals surface area contributed by atoms with E-state index in [1.165, 1.54) is 23.7 Å². The number of carbonyl (C=O) groups excluding carboxylic acids is 3. The second kappa shape index (κ2) is 11.1. The van der Waals surface area contributed by atoms with E-state index >= 15 is 0 Å². The van der Waals surface area contributed by atoms with Gasteiger partial charge in [0, 0.05) is 30.2 Å². The van der Waals surface area contributed by atoms with Crippen LogP contribution in [0.15, 0.2) is 41.3 Å². The summed E-state index contributed by atoms with van der Waals surface area (Å²) in [6, 6.07) is 8.82. The number of amides is 1. The lowest BCUT2D eigenvalue weighted by molar-refractivity contribution is -0.141. The van der Waals surface area contributed by atoms with Crippen molar-refractivity contribution in [2.45, 2.75) is 56.9 Å². The van der Waals surface area contributed by atoms with Gasteiger partial charge in [0.15, 0.2) is 5.78 Å². The van der Waals surface area contributed by atoms with Gasteiger partial charge in [-0.15, -0.1) is 0 Å². The van der Waals surface area contributed by atoms with Crippen molar-refractivity contribution < 1.29 is 22.8 Å². The molecule has 0 saturated heterocycles. The monoisotopic (exact) mass is 491 g/mol. The molecule has 3 rings (SSSR count). The molecule has 2 unspecified atom stereocenters. The van der Waals surface area contributed by atoms with Gasteiger partial charge < -0.3 is 5.32 Å². The van der Waals surface area contributed by atoms with Gasteiger partial charge in [-0.3, -0.25) is 14.4 Å². The molecule has 8 nitrogen and oxygen atoms in total. The van der Waals surface area contributed by atoms with Crippen molar-refractivity contribution in [1.29, 1.82) is 0 Å². The van der Waals surface area contributed by atoms with Crippen LogP contribution in [0.1, 0.15) is 43.7 Å². The highest BCUT2D eigenvalue weighted by molar-refractivity contribution is 7.89. The molecule has 0 saturated carbocycles. The molecule has 10 heteroatoms. The summed E-state index contributed by atoms with van der Waals surface area (Å²) in [5, 5.41) is 2.61. The molecule has 0 aliphatic carbocycles. The third kappa shape index (κ3) is 7.02. The van der Waals surface area contributed by atoms with Crippen LogP contribution in [0.25, 0.3) is 0 Å². The van der Waals surface area contributed by atoms with E-state index in [0.29, 0.717) is 25.8 Å². The first-order chi connectivity index (χ1) is 15.7. The molecule has 0 radical (unpaired) electrons. The van der Waals surface area contributed by atoms with Gasteiger partial charge in [0.2, 0.25) is 15.8 Å². The Kier molecular flexibility index (Phi) is 8.50. The number of carbonyl (C=O) groups is 3. The average molecular weight is 492 g/mol. The number of hydrogen-bond acceptors (Lipinski definition) is 7. The van der Waals surface area contributed by atoms with E-state index in [1.54, 1.807) is 18.2 Å². The Hall–Kier alpha value is -2.43. The fraction of sp³-hybridized carbons (Fsp3) is 0.478. The molecule has 2 atom stereocenters. The van der Waals surface area contributed by atoms with Gasteiger partial charge in [-0.05, 0) is 54.9 Å². The number of sulfonamides is 1. The predicted octanol–water partition coefficient (Wildman–Crippen LogP) is 2.29. The van der Waals surface area contributed by atoms with E-state index in [1.807, 2.05) is 19.9 Å². The summed E-state index contributed by atoms with van der Waals surface area (Å²) >= 11 is 1.36. The number of nitrogens with one attached hydrogen (secondary N) is 2. The van der Waals surface area contributed by atoms with Crippen molar-refractivity contribution in [2.75, 3.05) is 6.54 Å². The second-order valence-electron chi connectivity index (χ2n) is 8.68. The molecule has 1 amide bonds. The van der Waals surface area contributed by atoms with Crippen LogP contribution in [0.5, 0.6) is 0 Å². The van der Waals surface area contributed by atoms with Crippen molar-refractivity contribution in [1.82, 2.24) is 14.4 Å². The maximum Gasteiger partial charge on any atom is 0.287 e. The first-order valence-electron chi connectivity index (χ1n) is 11.0. The van der Waals surface area contributed by atoms with Crippen LogP contribution in [-0.4, -0.2) is 42.9 Å². The number of rotatable bonds is 8. The SMILES string of the molecule is CC(C)CC(NS(=O)(=O)c1ccccc1)C(=O)CC1CCc2cc(ns2)CCNC(=O)C1=O. The third-order valence-electron chi connectivity index (χ3n) is 5.50. The summed E-state index contributed by atoms with van der Waals surface area (Å²) in [4.78, 5) is 39.5. The van der Waals surface area contributed by atoms with E-state index in [0.717, 1.165) is 10.6 Å². The summed E-state index contributed by atoms with van der Waals surface area (Å²) in [6.45, 7) is 4.08. The lowest BCUT2D eigenvalue weighted by Crippen LogP contribution is -2.44. The number of fused-ring (bicyclic) bond motifs is 2. The van der Waals surface area contributed by atoms with Crippen LogP contribution < -0.4 is 10.0 Å². The first kappa shape index (κ1) is 25.2. The highest BCUT2D eigenvalue weighted by atomic mass is 32.2. The Bertz CT molecular complexity index is 1100. The zero-order valence-corrected chi connectivity index (χ0v) is 20.4. The molecule has 178 valence electrons. The Balaban J connectivity index is 1.78. The maximum absolute atomic E-state index is 13.2. The van der Waals surface area contributed by atoms with E-state index in [9.17, 15) is 22.8 Å². The predicted molar refractivity (Wildman–Crippen MR) is 125 cm³/mol. The molecular formula is C23H29N3O5S2. The molecule has 1 aromatic heterocycles. The lowest BCUT2D eigenvalue weighted by atomic mass is 9.88. The zero-order chi connectivity index (χ0) is 24.0. The van der Waals surface area contributed by atoms with Gasteiger partial charge in [0.1, 0.15) is 0 Å². The van der Waals surface area contributed by atoms with Gasteiger partial charge in [0.25, 0.3) is 5.91 Å². The molecule has 0 fully saturated rings. The topological polar surface area (TPSA) is 122 Å². The van der Waals surface area contributed by atoms with Crippen LogP contribution in [0, 0.1) is 11.8 Å². The third-order valence-corrected chi connectivity index (χ3v) is 7.87. The number of Topliss-reactive ketones (excluding diaryl/α,β-unsaturated/α-hetero) is 2. The van der Waals surface area contributed by atoms with Crippen molar-refractivity contribution in [3.8, 4) is 0 Å². The van der Waals surface area contributed by atoms with E-state index in [2.05, 4.69) is 14.4 Å².